The fourth-order valence-electron chi connectivity index (χ4n) is 1.99. The van der Waals surface area contributed by atoms with Gasteiger partial charge in [-0.1, -0.05) is 34.1 Å². The second kappa shape index (κ2) is 5.93. The van der Waals surface area contributed by atoms with E-state index in [0.29, 0.717) is 6.42 Å². The summed E-state index contributed by atoms with van der Waals surface area (Å²) in [5, 5.41) is 21.4. The Labute approximate surface area is 118 Å². The Morgan fingerprint density at radius 2 is 1.94 bits per heavy atom. The van der Waals surface area contributed by atoms with E-state index in [1.807, 2.05) is 29.6 Å². The fraction of sp³-hybridized carbons (Fsp3) is 0.308. The fourth-order valence-corrected chi connectivity index (χ4v) is 3.25. The molecule has 0 aliphatic rings. The van der Waals surface area contributed by atoms with Gasteiger partial charge in [0.05, 0.1) is 24.4 Å². The van der Waals surface area contributed by atoms with Crippen LogP contribution in [0.3, 0.4) is 0 Å². The van der Waals surface area contributed by atoms with Gasteiger partial charge in [0, 0.05) is 21.7 Å². The van der Waals surface area contributed by atoms with Crippen molar-refractivity contribution in [2.24, 2.45) is 0 Å². The summed E-state index contributed by atoms with van der Waals surface area (Å²) in [6, 6.07) is 7.65. The van der Waals surface area contributed by atoms with Crippen LogP contribution in [0.25, 0.3) is 0 Å². The number of benzene rings is 1. The SMILES string of the molecule is OCC(CO)(Cc1cscn1)c1ccccc1Br. The Morgan fingerprint density at radius 1 is 1.22 bits per heavy atom. The summed E-state index contributed by atoms with van der Waals surface area (Å²) in [7, 11) is 0. The minimum Gasteiger partial charge on any atom is -0.395 e. The molecule has 1 aromatic carbocycles. The smallest absolute Gasteiger partial charge is 0.0794 e. The predicted molar refractivity (Wildman–Crippen MR) is 75.8 cm³/mol. The molecule has 2 N–H and O–H groups in total. The molecule has 2 aromatic rings. The minimum absolute atomic E-state index is 0.121. The first-order valence-electron chi connectivity index (χ1n) is 5.55. The first kappa shape index (κ1) is 13.7. The van der Waals surface area contributed by atoms with Crippen molar-refractivity contribution in [2.75, 3.05) is 13.2 Å². The molecule has 1 heterocycles. The van der Waals surface area contributed by atoms with Crippen molar-refractivity contribution in [2.45, 2.75) is 11.8 Å². The van der Waals surface area contributed by atoms with Gasteiger partial charge >= 0.3 is 0 Å². The number of nitrogens with zero attached hydrogens (tertiary/aromatic N) is 1. The third kappa shape index (κ3) is 2.64. The quantitative estimate of drug-likeness (QED) is 0.886. The van der Waals surface area contributed by atoms with Crippen molar-refractivity contribution in [1.29, 1.82) is 0 Å². The first-order chi connectivity index (χ1) is 8.72. The number of rotatable bonds is 5. The van der Waals surface area contributed by atoms with Crippen molar-refractivity contribution in [3.63, 3.8) is 0 Å². The summed E-state index contributed by atoms with van der Waals surface area (Å²) in [5.74, 6) is 0. The number of aromatic nitrogens is 1. The van der Waals surface area contributed by atoms with Crippen LogP contribution < -0.4 is 0 Å². The molecule has 0 unspecified atom stereocenters. The molecule has 0 spiro atoms. The molecular weight excluding hydrogens is 314 g/mol. The van der Waals surface area contributed by atoms with Gasteiger partial charge in [0.1, 0.15) is 0 Å². The summed E-state index contributed by atoms with van der Waals surface area (Å²) in [6.45, 7) is -0.243. The van der Waals surface area contributed by atoms with Crippen LogP contribution in [0.5, 0.6) is 0 Å². The molecule has 0 saturated heterocycles. The van der Waals surface area contributed by atoms with Crippen LogP contribution in [0, 0.1) is 0 Å². The molecule has 0 amide bonds. The first-order valence-corrected chi connectivity index (χ1v) is 7.29. The summed E-state index contributed by atoms with van der Waals surface area (Å²) < 4.78 is 0.892. The normalized spacial score (nSPS) is 11.7. The van der Waals surface area contributed by atoms with Gasteiger partial charge in [0.2, 0.25) is 0 Å². The molecule has 0 saturated carbocycles. The zero-order valence-electron chi connectivity index (χ0n) is 9.71. The van der Waals surface area contributed by atoms with Crippen LogP contribution in [-0.2, 0) is 11.8 Å². The van der Waals surface area contributed by atoms with Crippen LogP contribution in [0.2, 0.25) is 0 Å². The van der Waals surface area contributed by atoms with E-state index in [1.165, 1.54) is 11.3 Å². The third-order valence-electron chi connectivity index (χ3n) is 3.05. The van der Waals surface area contributed by atoms with Crippen LogP contribution >= 0.6 is 27.3 Å². The molecule has 0 fully saturated rings. The number of aliphatic hydroxyl groups excluding tert-OH is 2. The Balaban J connectivity index is 2.40. The Kier molecular flexibility index (Phi) is 4.50. The molecule has 96 valence electrons. The van der Waals surface area contributed by atoms with Gasteiger partial charge in [0.15, 0.2) is 0 Å². The van der Waals surface area contributed by atoms with Gasteiger partial charge in [-0.05, 0) is 11.6 Å². The van der Waals surface area contributed by atoms with Gasteiger partial charge in [-0.15, -0.1) is 11.3 Å². The molecule has 18 heavy (non-hydrogen) atoms. The molecule has 5 heteroatoms. The summed E-state index contributed by atoms with van der Waals surface area (Å²) in [6.07, 6.45) is 0.520. The van der Waals surface area contributed by atoms with Crippen molar-refractivity contribution < 1.29 is 10.2 Å². The monoisotopic (exact) mass is 327 g/mol. The second-order valence-corrected chi connectivity index (χ2v) is 5.81. The summed E-state index contributed by atoms with van der Waals surface area (Å²) in [4.78, 5) is 4.23. The Bertz CT molecular complexity index is 497. The number of aliphatic hydroxyl groups is 2. The van der Waals surface area contributed by atoms with Crippen LogP contribution in [0.4, 0.5) is 0 Å². The Morgan fingerprint density at radius 3 is 2.50 bits per heavy atom. The van der Waals surface area contributed by atoms with E-state index in [-0.39, 0.29) is 13.2 Å². The van der Waals surface area contributed by atoms with E-state index in [9.17, 15) is 10.2 Å². The highest BCUT2D eigenvalue weighted by Gasteiger charge is 2.33. The third-order valence-corrected chi connectivity index (χ3v) is 4.38. The maximum atomic E-state index is 9.75. The van der Waals surface area contributed by atoms with Gasteiger partial charge in [-0.3, -0.25) is 0 Å². The van der Waals surface area contributed by atoms with Crippen molar-refractivity contribution >= 4 is 27.3 Å². The maximum absolute atomic E-state index is 9.75. The van der Waals surface area contributed by atoms with Gasteiger partial charge in [-0.25, -0.2) is 4.98 Å². The second-order valence-electron chi connectivity index (χ2n) is 4.23. The van der Waals surface area contributed by atoms with E-state index >= 15 is 0 Å². The van der Waals surface area contributed by atoms with E-state index in [2.05, 4.69) is 20.9 Å². The van der Waals surface area contributed by atoms with Gasteiger partial charge in [-0.2, -0.15) is 0 Å². The predicted octanol–water partition coefficient (Wildman–Crippen LogP) is 2.37. The lowest BCUT2D eigenvalue weighted by Crippen LogP contribution is -2.37. The van der Waals surface area contributed by atoms with Gasteiger partial charge < -0.3 is 10.2 Å². The van der Waals surface area contributed by atoms with Crippen molar-refractivity contribution in [1.82, 2.24) is 4.98 Å². The lowest BCUT2D eigenvalue weighted by Gasteiger charge is -2.30. The Hall–Kier alpha value is -0.750. The van der Waals surface area contributed by atoms with E-state index < -0.39 is 5.41 Å². The topological polar surface area (TPSA) is 53.4 Å². The minimum atomic E-state index is -0.700. The highest BCUT2D eigenvalue weighted by molar-refractivity contribution is 9.10. The van der Waals surface area contributed by atoms with Crippen molar-refractivity contribution in [3.05, 3.63) is 50.9 Å². The molecule has 0 radical (unpaired) electrons. The highest BCUT2D eigenvalue weighted by atomic mass is 79.9. The molecule has 0 bridgehead atoms. The lowest BCUT2D eigenvalue weighted by atomic mass is 9.78. The highest BCUT2D eigenvalue weighted by Crippen LogP contribution is 2.33. The average Bonchev–Trinajstić information content (AvgIpc) is 2.90. The number of halogens is 1. The molecule has 0 aliphatic carbocycles. The number of thiazole rings is 1. The molecule has 1 aromatic heterocycles. The van der Waals surface area contributed by atoms with E-state index in [0.717, 1.165) is 15.7 Å². The zero-order chi connectivity index (χ0) is 13.0. The van der Waals surface area contributed by atoms with Crippen LogP contribution in [-0.4, -0.2) is 28.4 Å². The number of hydrogen-bond donors (Lipinski definition) is 2. The van der Waals surface area contributed by atoms with Crippen molar-refractivity contribution in [3.8, 4) is 0 Å². The molecule has 0 aliphatic heterocycles. The lowest BCUT2D eigenvalue weighted by molar-refractivity contribution is 0.115. The van der Waals surface area contributed by atoms with Crippen LogP contribution in [0.1, 0.15) is 11.3 Å². The summed E-state index contributed by atoms with van der Waals surface area (Å²) in [5.41, 5.74) is 2.85. The van der Waals surface area contributed by atoms with Gasteiger partial charge in [0.25, 0.3) is 0 Å². The standard InChI is InChI=1S/C13H14BrNO2S/c14-12-4-2-1-3-11(12)13(7-16,8-17)5-10-6-18-9-15-10/h1-4,6,9,16-17H,5,7-8H2. The molecule has 0 atom stereocenters. The largest absolute Gasteiger partial charge is 0.395 e. The summed E-state index contributed by atoms with van der Waals surface area (Å²) >= 11 is 4.99. The number of hydrogen-bond acceptors (Lipinski definition) is 4. The van der Waals surface area contributed by atoms with E-state index in [4.69, 9.17) is 0 Å². The molecule has 3 nitrogen and oxygen atoms in total. The van der Waals surface area contributed by atoms with E-state index in [1.54, 1.807) is 5.51 Å². The zero-order valence-corrected chi connectivity index (χ0v) is 12.1. The maximum Gasteiger partial charge on any atom is 0.0794 e. The molecule has 2 rings (SSSR count). The molecular formula is C13H14BrNO2S. The average molecular weight is 328 g/mol. The van der Waals surface area contributed by atoms with Crippen LogP contribution in [0.15, 0.2) is 39.6 Å².